The third-order valence-corrected chi connectivity index (χ3v) is 5.57. The van der Waals surface area contributed by atoms with Gasteiger partial charge in [-0.3, -0.25) is 4.99 Å². The van der Waals surface area contributed by atoms with Gasteiger partial charge in [-0.1, -0.05) is 19.3 Å². The van der Waals surface area contributed by atoms with Crippen molar-refractivity contribution in [1.29, 1.82) is 0 Å². The van der Waals surface area contributed by atoms with Crippen LogP contribution in [0.3, 0.4) is 0 Å². The largest absolute Gasteiger partial charge is 0.370 e. The molecule has 1 saturated carbocycles. The smallest absolute Gasteiger partial charge is 0.213 e. The van der Waals surface area contributed by atoms with Gasteiger partial charge in [-0.2, -0.15) is 0 Å². The fourth-order valence-electron chi connectivity index (χ4n) is 2.35. The Morgan fingerprint density at radius 1 is 1.35 bits per heavy atom. The van der Waals surface area contributed by atoms with Gasteiger partial charge in [-0.05, 0) is 26.2 Å². The van der Waals surface area contributed by atoms with Crippen molar-refractivity contribution in [3.8, 4) is 0 Å². The predicted molar refractivity (Wildman–Crippen MR) is 83.2 cm³/mol. The molecule has 6 nitrogen and oxygen atoms in total. The van der Waals surface area contributed by atoms with Gasteiger partial charge in [0.05, 0.1) is 5.75 Å². The Labute approximate surface area is 122 Å². The van der Waals surface area contributed by atoms with Crippen molar-refractivity contribution < 1.29 is 8.42 Å². The maximum Gasteiger partial charge on any atom is 0.213 e. The molecule has 1 fully saturated rings. The van der Waals surface area contributed by atoms with Crippen molar-refractivity contribution >= 4 is 16.0 Å². The SMILES string of the molecule is CCS(=O)(=O)N(C)CCCN=C(N)NC1CCCCC1. The Balaban J connectivity index is 2.23. The third kappa shape index (κ3) is 6.09. The van der Waals surface area contributed by atoms with Crippen LogP contribution in [0.1, 0.15) is 45.4 Å². The molecule has 0 aliphatic heterocycles. The molecule has 0 heterocycles. The summed E-state index contributed by atoms with van der Waals surface area (Å²) in [6.07, 6.45) is 6.83. The zero-order chi connectivity index (χ0) is 15.0. The van der Waals surface area contributed by atoms with Crippen LogP contribution in [0.2, 0.25) is 0 Å². The average Bonchev–Trinajstić information content (AvgIpc) is 2.44. The van der Waals surface area contributed by atoms with Gasteiger partial charge in [-0.25, -0.2) is 12.7 Å². The van der Waals surface area contributed by atoms with Crippen molar-refractivity contribution in [1.82, 2.24) is 9.62 Å². The van der Waals surface area contributed by atoms with Crippen LogP contribution in [0.15, 0.2) is 4.99 Å². The lowest BCUT2D eigenvalue weighted by Crippen LogP contribution is -2.41. The number of aliphatic imine (C=N–C) groups is 1. The summed E-state index contributed by atoms with van der Waals surface area (Å²) in [6, 6.07) is 0.454. The van der Waals surface area contributed by atoms with Gasteiger partial charge in [0.1, 0.15) is 0 Å². The molecule has 0 aromatic carbocycles. The number of nitrogens with one attached hydrogen (secondary N) is 1. The van der Waals surface area contributed by atoms with Crippen LogP contribution >= 0.6 is 0 Å². The Morgan fingerprint density at radius 3 is 2.60 bits per heavy atom. The minimum absolute atomic E-state index is 0.137. The zero-order valence-electron chi connectivity index (χ0n) is 12.6. The standard InChI is InChI=1S/C13H28N4O2S/c1-3-20(18,19)17(2)11-7-10-15-13(14)16-12-8-5-4-6-9-12/h12H,3-11H2,1-2H3,(H3,14,15,16). The molecule has 1 rings (SSSR count). The highest BCUT2D eigenvalue weighted by atomic mass is 32.2. The Morgan fingerprint density at radius 2 is 2.00 bits per heavy atom. The van der Waals surface area contributed by atoms with Crippen LogP contribution in [0.5, 0.6) is 0 Å². The maximum atomic E-state index is 11.5. The van der Waals surface area contributed by atoms with Gasteiger partial charge in [0.2, 0.25) is 10.0 Å². The molecule has 0 saturated heterocycles. The monoisotopic (exact) mass is 304 g/mol. The van der Waals surface area contributed by atoms with E-state index in [1.165, 1.54) is 23.6 Å². The number of hydrogen-bond donors (Lipinski definition) is 2. The summed E-state index contributed by atoms with van der Waals surface area (Å²) in [6.45, 7) is 2.68. The summed E-state index contributed by atoms with van der Waals surface area (Å²) in [5, 5.41) is 3.24. The van der Waals surface area contributed by atoms with Crippen molar-refractivity contribution in [2.24, 2.45) is 10.7 Å². The normalized spacial score (nSPS) is 18.4. The molecule has 0 unspecified atom stereocenters. The number of rotatable bonds is 7. The lowest BCUT2D eigenvalue weighted by Gasteiger charge is -2.23. The summed E-state index contributed by atoms with van der Waals surface area (Å²) in [5.74, 6) is 0.621. The molecule has 20 heavy (non-hydrogen) atoms. The molecule has 118 valence electrons. The number of guanidine groups is 1. The van der Waals surface area contributed by atoms with Crippen LogP contribution in [0.4, 0.5) is 0 Å². The van der Waals surface area contributed by atoms with Crippen LogP contribution < -0.4 is 11.1 Å². The zero-order valence-corrected chi connectivity index (χ0v) is 13.5. The molecule has 0 spiro atoms. The van der Waals surface area contributed by atoms with E-state index >= 15 is 0 Å². The lowest BCUT2D eigenvalue weighted by molar-refractivity contribution is 0.412. The second-order valence-electron chi connectivity index (χ2n) is 5.32. The second kappa shape index (κ2) is 8.46. The Hall–Kier alpha value is -0.820. The van der Waals surface area contributed by atoms with Gasteiger partial charge in [0, 0.05) is 26.2 Å². The summed E-state index contributed by atoms with van der Waals surface area (Å²) in [7, 11) is -1.48. The van der Waals surface area contributed by atoms with E-state index in [4.69, 9.17) is 5.73 Å². The summed E-state index contributed by atoms with van der Waals surface area (Å²) in [5.41, 5.74) is 5.84. The van der Waals surface area contributed by atoms with Gasteiger partial charge in [0.25, 0.3) is 0 Å². The molecule has 7 heteroatoms. The first-order valence-corrected chi connectivity index (χ1v) is 9.07. The van der Waals surface area contributed by atoms with E-state index in [0.717, 1.165) is 12.8 Å². The maximum absolute atomic E-state index is 11.5. The minimum Gasteiger partial charge on any atom is -0.370 e. The Bertz CT molecular complexity index is 403. The minimum atomic E-state index is -3.08. The van der Waals surface area contributed by atoms with Crippen molar-refractivity contribution in [3.05, 3.63) is 0 Å². The molecule has 0 amide bonds. The van der Waals surface area contributed by atoms with Crippen LogP contribution in [0, 0.1) is 0 Å². The van der Waals surface area contributed by atoms with Gasteiger partial charge in [0.15, 0.2) is 5.96 Å². The van der Waals surface area contributed by atoms with E-state index < -0.39 is 10.0 Å². The first-order valence-electron chi connectivity index (χ1n) is 7.46. The fraction of sp³-hybridized carbons (Fsp3) is 0.923. The molecule has 1 aliphatic carbocycles. The molecular weight excluding hydrogens is 276 g/mol. The molecule has 0 aromatic rings. The Kier molecular flexibility index (Phi) is 7.29. The molecule has 0 bridgehead atoms. The highest BCUT2D eigenvalue weighted by Crippen LogP contribution is 2.16. The van der Waals surface area contributed by atoms with Crippen molar-refractivity contribution in [2.45, 2.75) is 51.5 Å². The van der Waals surface area contributed by atoms with Gasteiger partial charge in [-0.15, -0.1) is 0 Å². The van der Waals surface area contributed by atoms with E-state index in [2.05, 4.69) is 10.3 Å². The second-order valence-corrected chi connectivity index (χ2v) is 7.69. The molecule has 0 aromatic heterocycles. The predicted octanol–water partition coefficient (Wildman–Crippen LogP) is 0.895. The van der Waals surface area contributed by atoms with Crippen molar-refractivity contribution in [3.63, 3.8) is 0 Å². The van der Waals surface area contributed by atoms with Crippen LogP contribution in [0.25, 0.3) is 0 Å². The summed E-state index contributed by atoms with van der Waals surface area (Å²) >= 11 is 0. The molecule has 1 aliphatic rings. The highest BCUT2D eigenvalue weighted by molar-refractivity contribution is 7.89. The van der Waals surface area contributed by atoms with E-state index in [0.29, 0.717) is 31.5 Å². The van der Waals surface area contributed by atoms with Crippen LogP contribution in [-0.2, 0) is 10.0 Å². The fourth-order valence-corrected chi connectivity index (χ4v) is 3.20. The number of nitrogens with two attached hydrogens (primary N) is 1. The molecular formula is C13H28N4O2S. The van der Waals surface area contributed by atoms with E-state index in [1.54, 1.807) is 14.0 Å². The quantitative estimate of drug-likeness (QED) is 0.415. The van der Waals surface area contributed by atoms with E-state index in [-0.39, 0.29) is 5.75 Å². The average molecular weight is 304 g/mol. The molecule has 0 radical (unpaired) electrons. The van der Waals surface area contributed by atoms with E-state index in [9.17, 15) is 8.42 Å². The van der Waals surface area contributed by atoms with Gasteiger partial charge >= 0.3 is 0 Å². The third-order valence-electron chi connectivity index (χ3n) is 3.71. The number of nitrogens with zero attached hydrogens (tertiary/aromatic N) is 2. The highest BCUT2D eigenvalue weighted by Gasteiger charge is 2.14. The molecule has 3 N–H and O–H groups in total. The number of sulfonamides is 1. The van der Waals surface area contributed by atoms with E-state index in [1.807, 2.05) is 0 Å². The number of hydrogen-bond acceptors (Lipinski definition) is 3. The van der Waals surface area contributed by atoms with Crippen LogP contribution in [-0.4, -0.2) is 50.6 Å². The van der Waals surface area contributed by atoms with Crippen molar-refractivity contribution in [2.75, 3.05) is 25.9 Å². The first-order chi connectivity index (χ1) is 9.45. The molecule has 0 atom stereocenters. The summed E-state index contributed by atoms with van der Waals surface area (Å²) in [4.78, 5) is 4.26. The summed E-state index contributed by atoms with van der Waals surface area (Å²) < 4.78 is 24.5. The first kappa shape index (κ1) is 17.2. The lowest BCUT2D eigenvalue weighted by atomic mass is 9.96. The topological polar surface area (TPSA) is 87.8 Å². The van der Waals surface area contributed by atoms with Gasteiger partial charge < -0.3 is 11.1 Å².